The van der Waals surface area contributed by atoms with Crippen LogP contribution < -0.4 is 15.0 Å². The van der Waals surface area contributed by atoms with Crippen molar-refractivity contribution in [3.05, 3.63) is 42.1 Å². The number of hydrogen-bond acceptors (Lipinski definition) is 6. The molecule has 0 unspecified atom stereocenters. The van der Waals surface area contributed by atoms with Gasteiger partial charge in [0.15, 0.2) is 5.69 Å². The summed E-state index contributed by atoms with van der Waals surface area (Å²) in [5.41, 5.74) is 1.56. The summed E-state index contributed by atoms with van der Waals surface area (Å²) in [6.07, 6.45) is 4.90. The lowest BCUT2D eigenvalue weighted by Crippen LogP contribution is -2.49. The highest BCUT2D eigenvalue weighted by Crippen LogP contribution is 2.22. The van der Waals surface area contributed by atoms with E-state index in [-0.39, 0.29) is 5.91 Å². The van der Waals surface area contributed by atoms with Gasteiger partial charge >= 0.3 is 0 Å². The lowest BCUT2D eigenvalue weighted by atomic mass is 10.2. The van der Waals surface area contributed by atoms with E-state index >= 15 is 0 Å². The number of methoxy groups -OCH3 is 1. The van der Waals surface area contributed by atoms with Crippen LogP contribution >= 0.6 is 0 Å². The highest BCUT2D eigenvalue weighted by atomic mass is 16.5. The van der Waals surface area contributed by atoms with Crippen molar-refractivity contribution < 1.29 is 9.53 Å². The summed E-state index contributed by atoms with van der Waals surface area (Å²) in [5.74, 6) is 1.56. The van der Waals surface area contributed by atoms with Gasteiger partial charge in [-0.3, -0.25) is 4.79 Å². The molecule has 1 amide bonds. The first-order chi connectivity index (χ1) is 13.7. The van der Waals surface area contributed by atoms with Crippen molar-refractivity contribution in [3.63, 3.8) is 0 Å². The molecule has 28 heavy (non-hydrogen) atoms. The minimum Gasteiger partial charge on any atom is -0.497 e. The van der Waals surface area contributed by atoms with E-state index in [0.717, 1.165) is 30.3 Å². The average Bonchev–Trinajstić information content (AvgIpc) is 3.27. The third-order valence-corrected chi connectivity index (χ3v) is 5.60. The van der Waals surface area contributed by atoms with Gasteiger partial charge in [-0.1, -0.05) is 12.8 Å². The van der Waals surface area contributed by atoms with Gasteiger partial charge in [0.1, 0.15) is 11.6 Å². The fourth-order valence-electron chi connectivity index (χ4n) is 3.93. The van der Waals surface area contributed by atoms with Gasteiger partial charge in [-0.25, -0.2) is 0 Å². The number of piperazine rings is 1. The van der Waals surface area contributed by atoms with Crippen LogP contribution in [0, 0.1) is 0 Å². The van der Waals surface area contributed by atoms with Gasteiger partial charge in [-0.05, 0) is 49.2 Å². The highest BCUT2D eigenvalue weighted by Gasteiger charge is 2.24. The zero-order valence-corrected chi connectivity index (χ0v) is 16.3. The highest BCUT2D eigenvalue weighted by molar-refractivity contribution is 5.92. The van der Waals surface area contributed by atoms with Crippen molar-refractivity contribution in [1.29, 1.82) is 0 Å². The number of amides is 1. The molecule has 148 valence electrons. The SMILES string of the molecule is COc1ccc(N2CCN(C(=O)c3ccc(NC4CCCC4)nn3)CC2)cc1. The van der Waals surface area contributed by atoms with Crippen LogP contribution in [-0.4, -0.2) is 60.3 Å². The molecule has 1 aromatic heterocycles. The summed E-state index contributed by atoms with van der Waals surface area (Å²) in [6.45, 7) is 2.95. The van der Waals surface area contributed by atoms with Crippen LogP contribution in [0.5, 0.6) is 5.75 Å². The maximum Gasteiger partial charge on any atom is 0.274 e. The minimum atomic E-state index is -0.0469. The second kappa shape index (κ2) is 8.46. The van der Waals surface area contributed by atoms with E-state index in [1.165, 1.54) is 25.7 Å². The maximum atomic E-state index is 12.8. The Kier molecular flexibility index (Phi) is 5.60. The summed E-state index contributed by atoms with van der Waals surface area (Å²) in [7, 11) is 1.67. The number of aromatic nitrogens is 2. The van der Waals surface area contributed by atoms with Gasteiger partial charge in [0.25, 0.3) is 5.91 Å². The molecule has 0 spiro atoms. The molecule has 0 atom stereocenters. The number of nitrogens with one attached hydrogen (secondary N) is 1. The van der Waals surface area contributed by atoms with Crippen molar-refractivity contribution in [1.82, 2.24) is 15.1 Å². The van der Waals surface area contributed by atoms with Gasteiger partial charge < -0.3 is 19.9 Å². The number of ether oxygens (including phenoxy) is 1. The Balaban J connectivity index is 1.31. The standard InChI is InChI=1S/C21H27N5O2/c1-28-18-8-6-17(7-9-18)25-12-14-26(15-13-25)21(27)19-10-11-20(24-23-19)22-16-4-2-3-5-16/h6-11,16H,2-5,12-15H2,1H3,(H,22,24). The molecule has 7 heteroatoms. The lowest BCUT2D eigenvalue weighted by molar-refractivity contribution is 0.0739. The second-order valence-corrected chi connectivity index (χ2v) is 7.41. The first-order valence-electron chi connectivity index (χ1n) is 10.0. The molecule has 1 saturated heterocycles. The van der Waals surface area contributed by atoms with Crippen LogP contribution in [0.25, 0.3) is 0 Å². The first kappa shape index (κ1) is 18.5. The van der Waals surface area contributed by atoms with Gasteiger partial charge in [-0.2, -0.15) is 0 Å². The van der Waals surface area contributed by atoms with Gasteiger partial charge in [0.2, 0.25) is 0 Å². The van der Waals surface area contributed by atoms with Crippen molar-refractivity contribution in [2.24, 2.45) is 0 Å². The van der Waals surface area contributed by atoms with Gasteiger partial charge in [0, 0.05) is 37.9 Å². The summed E-state index contributed by atoms with van der Waals surface area (Å²) >= 11 is 0. The maximum absolute atomic E-state index is 12.8. The number of rotatable bonds is 5. The third-order valence-electron chi connectivity index (χ3n) is 5.60. The van der Waals surface area contributed by atoms with Crippen LogP contribution in [0.4, 0.5) is 11.5 Å². The number of carbonyl (C=O) groups excluding carboxylic acids is 1. The van der Waals surface area contributed by atoms with Crippen LogP contribution in [0.2, 0.25) is 0 Å². The average molecular weight is 381 g/mol. The zero-order valence-electron chi connectivity index (χ0n) is 16.3. The summed E-state index contributed by atoms with van der Waals surface area (Å²) in [5, 5.41) is 11.8. The Morgan fingerprint density at radius 1 is 1.00 bits per heavy atom. The summed E-state index contributed by atoms with van der Waals surface area (Å²) < 4.78 is 5.21. The van der Waals surface area contributed by atoms with E-state index in [2.05, 4.69) is 32.5 Å². The quantitative estimate of drug-likeness (QED) is 0.859. The van der Waals surface area contributed by atoms with Crippen molar-refractivity contribution in [2.75, 3.05) is 43.5 Å². The van der Waals surface area contributed by atoms with E-state index in [9.17, 15) is 4.79 Å². The van der Waals surface area contributed by atoms with Crippen molar-refractivity contribution in [2.45, 2.75) is 31.7 Å². The number of anilines is 2. The Hall–Kier alpha value is -2.83. The first-order valence-corrected chi connectivity index (χ1v) is 10.0. The van der Waals surface area contributed by atoms with Crippen LogP contribution in [-0.2, 0) is 0 Å². The van der Waals surface area contributed by atoms with Crippen LogP contribution in [0.3, 0.4) is 0 Å². The molecular weight excluding hydrogens is 354 g/mol. The Bertz CT molecular complexity index is 779. The smallest absolute Gasteiger partial charge is 0.274 e. The molecule has 2 aromatic rings. The predicted octanol–water partition coefficient (Wildman–Crippen LogP) is 2.80. The van der Waals surface area contributed by atoms with Crippen molar-refractivity contribution >= 4 is 17.4 Å². The molecule has 1 N–H and O–H groups in total. The molecule has 1 aromatic carbocycles. The molecule has 1 aliphatic carbocycles. The van der Waals surface area contributed by atoms with E-state index in [1.54, 1.807) is 13.2 Å². The van der Waals surface area contributed by atoms with Crippen LogP contribution in [0.15, 0.2) is 36.4 Å². The number of nitrogens with zero attached hydrogens (tertiary/aromatic N) is 4. The fourth-order valence-corrected chi connectivity index (χ4v) is 3.93. The fraction of sp³-hybridized carbons (Fsp3) is 0.476. The molecule has 1 saturated carbocycles. The Morgan fingerprint density at radius 2 is 1.71 bits per heavy atom. The van der Waals surface area contributed by atoms with Gasteiger partial charge in [-0.15, -0.1) is 10.2 Å². The molecule has 2 aliphatic rings. The Labute approximate surface area is 165 Å². The van der Waals surface area contributed by atoms with E-state index in [4.69, 9.17) is 4.74 Å². The molecule has 2 heterocycles. The Morgan fingerprint density at radius 3 is 2.32 bits per heavy atom. The monoisotopic (exact) mass is 381 g/mol. The molecule has 4 rings (SSSR count). The number of carbonyl (C=O) groups is 1. The van der Waals surface area contributed by atoms with Crippen LogP contribution in [0.1, 0.15) is 36.2 Å². The summed E-state index contributed by atoms with van der Waals surface area (Å²) in [6, 6.07) is 12.2. The van der Waals surface area contributed by atoms with Gasteiger partial charge in [0.05, 0.1) is 7.11 Å². The number of benzene rings is 1. The molecule has 0 bridgehead atoms. The summed E-state index contributed by atoms with van der Waals surface area (Å²) in [4.78, 5) is 16.9. The largest absolute Gasteiger partial charge is 0.497 e. The molecular formula is C21H27N5O2. The zero-order chi connectivity index (χ0) is 19.3. The minimum absolute atomic E-state index is 0.0469. The molecule has 0 radical (unpaired) electrons. The molecule has 2 fully saturated rings. The molecule has 1 aliphatic heterocycles. The normalized spacial score (nSPS) is 17.6. The topological polar surface area (TPSA) is 70.6 Å². The number of hydrogen-bond donors (Lipinski definition) is 1. The lowest BCUT2D eigenvalue weighted by Gasteiger charge is -2.36. The van der Waals surface area contributed by atoms with E-state index in [0.29, 0.717) is 24.8 Å². The van der Waals surface area contributed by atoms with Crippen molar-refractivity contribution in [3.8, 4) is 5.75 Å². The second-order valence-electron chi connectivity index (χ2n) is 7.41. The van der Waals surface area contributed by atoms with E-state index < -0.39 is 0 Å². The predicted molar refractivity (Wildman–Crippen MR) is 109 cm³/mol. The van der Waals surface area contributed by atoms with E-state index in [1.807, 2.05) is 23.1 Å². The third kappa shape index (κ3) is 4.18. The molecule has 7 nitrogen and oxygen atoms in total.